The molecule has 27 heavy (non-hydrogen) atoms. The SMILES string of the molecule is O=C([C@@H]1CN(C(=S)NC[C@H]2CCCO2)c2ccccc2O1)N1CCCCC1. The Kier molecular flexibility index (Phi) is 5.78. The normalized spacial score (nSPS) is 24.9. The van der Waals surface area contributed by atoms with Gasteiger partial charge in [0.05, 0.1) is 18.3 Å². The van der Waals surface area contributed by atoms with Gasteiger partial charge < -0.3 is 24.6 Å². The zero-order valence-electron chi connectivity index (χ0n) is 15.6. The monoisotopic (exact) mass is 389 g/mol. The fourth-order valence-corrected chi connectivity index (χ4v) is 4.23. The van der Waals surface area contributed by atoms with Crippen LogP contribution >= 0.6 is 12.2 Å². The molecule has 2 atom stereocenters. The van der Waals surface area contributed by atoms with E-state index < -0.39 is 6.10 Å². The van der Waals surface area contributed by atoms with Crippen molar-refractivity contribution in [3.63, 3.8) is 0 Å². The molecular weight excluding hydrogens is 362 g/mol. The Morgan fingerprint density at radius 1 is 1.19 bits per heavy atom. The van der Waals surface area contributed by atoms with Crippen LogP contribution in [0.2, 0.25) is 0 Å². The maximum atomic E-state index is 13.0. The lowest BCUT2D eigenvalue weighted by molar-refractivity contribution is -0.139. The van der Waals surface area contributed by atoms with Crippen molar-refractivity contribution in [2.24, 2.45) is 0 Å². The zero-order valence-corrected chi connectivity index (χ0v) is 16.4. The molecule has 2 fully saturated rings. The van der Waals surface area contributed by atoms with E-state index in [1.54, 1.807) is 0 Å². The summed E-state index contributed by atoms with van der Waals surface area (Å²) in [5.74, 6) is 0.775. The van der Waals surface area contributed by atoms with Crippen LogP contribution in [0.4, 0.5) is 5.69 Å². The first-order chi connectivity index (χ1) is 13.2. The van der Waals surface area contributed by atoms with Gasteiger partial charge in [0.25, 0.3) is 5.91 Å². The predicted molar refractivity (Wildman–Crippen MR) is 108 cm³/mol. The number of nitrogens with zero attached hydrogens (tertiary/aromatic N) is 2. The van der Waals surface area contributed by atoms with E-state index in [-0.39, 0.29) is 12.0 Å². The summed E-state index contributed by atoms with van der Waals surface area (Å²) in [6.45, 7) is 3.60. The first kappa shape index (κ1) is 18.5. The molecule has 146 valence electrons. The molecule has 7 heteroatoms. The summed E-state index contributed by atoms with van der Waals surface area (Å²) < 4.78 is 11.7. The fraction of sp³-hybridized carbons (Fsp3) is 0.600. The average Bonchev–Trinajstić information content (AvgIpc) is 3.25. The quantitative estimate of drug-likeness (QED) is 0.801. The van der Waals surface area contributed by atoms with Crippen molar-refractivity contribution in [2.45, 2.75) is 44.3 Å². The molecule has 0 spiro atoms. The number of nitrogens with one attached hydrogen (secondary N) is 1. The lowest BCUT2D eigenvalue weighted by Gasteiger charge is -2.38. The molecule has 4 rings (SSSR count). The van der Waals surface area contributed by atoms with Crippen LogP contribution in [0.25, 0.3) is 0 Å². The van der Waals surface area contributed by atoms with Crippen molar-refractivity contribution in [2.75, 3.05) is 37.7 Å². The minimum Gasteiger partial charge on any atom is -0.476 e. The topological polar surface area (TPSA) is 54.0 Å². The van der Waals surface area contributed by atoms with E-state index in [4.69, 9.17) is 21.7 Å². The van der Waals surface area contributed by atoms with E-state index in [0.29, 0.717) is 24.0 Å². The zero-order chi connectivity index (χ0) is 18.6. The standard InChI is InChI=1S/C20H27N3O3S/c24-19(22-10-4-1-5-11-22)18-14-23(16-8-2-3-9-17(16)26-18)20(27)21-13-15-7-6-12-25-15/h2-3,8-9,15,18H,1,4-7,10-14H2,(H,21,27)/t15-,18+/m1/s1. The Morgan fingerprint density at radius 2 is 2.00 bits per heavy atom. The molecule has 1 N–H and O–H groups in total. The third kappa shape index (κ3) is 4.19. The number of para-hydroxylation sites is 2. The Labute approximate surface area is 165 Å². The summed E-state index contributed by atoms with van der Waals surface area (Å²) in [7, 11) is 0. The molecule has 0 radical (unpaired) electrons. The van der Waals surface area contributed by atoms with E-state index in [1.807, 2.05) is 34.1 Å². The predicted octanol–water partition coefficient (Wildman–Crippen LogP) is 2.32. The van der Waals surface area contributed by atoms with Gasteiger partial charge in [-0.05, 0) is 56.5 Å². The molecule has 0 unspecified atom stereocenters. The molecule has 0 aromatic heterocycles. The molecule has 1 aromatic rings. The van der Waals surface area contributed by atoms with E-state index >= 15 is 0 Å². The highest BCUT2D eigenvalue weighted by atomic mass is 32.1. The molecule has 2 saturated heterocycles. The third-order valence-corrected chi connectivity index (χ3v) is 5.83. The number of carbonyl (C=O) groups is 1. The number of hydrogen-bond donors (Lipinski definition) is 1. The van der Waals surface area contributed by atoms with Crippen molar-refractivity contribution in [1.82, 2.24) is 10.2 Å². The van der Waals surface area contributed by atoms with Crippen molar-refractivity contribution in [3.8, 4) is 5.75 Å². The lowest BCUT2D eigenvalue weighted by atomic mass is 10.1. The first-order valence-electron chi connectivity index (χ1n) is 9.94. The number of carbonyl (C=O) groups excluding carboxylic acids is 1. The van der Waals surface area contributed by atoms with Crippen LogP contribution < -0.4 is 15.0 Å². The number of piperidine rings is 1. The second-order valence-electron chi connectivity index (χ2n) is 7.39. The highest BCUT2D eigenvalue weighted by Crippen LogP contribution is 2.33. The van der Waals surface area contributed by atoms with Crippen LogP contribution in [0.1, 0.15) is 32.1 Å². The van der Waals surface area contributed by atoms with Gasteiger partial charge in [-0.2, -0.15) is 0 Å². The number of thiocarbonyl (C=S) groups is 1. The van der Waals surface area contributed by atoms with E-state index in [2.05, 4.69) is 5.32 Å². The third-order valence-electron chi connectivity index (χ3n) is 5.47. The number of anilines is 1. The summed E-state index contributed by atoms with van der Waals surface area (Å²) in [5, 5.41) is 3.95. The highest BCUT2D eigenvalue weighted by molar-refractivity contribution is 7.80. The molecular formula is C20H27N3O3S. The molecule has 3 aliphatic heterocycles. The molecule has 1 aromatic carbocycles. The maximum absolute atomic E-state index is 13.0. The van der Waals surface area contributed by atoms with Gasteiger partial charge in [0.2, 0.25) is 0 Å². The maximum Gasteiger partial charge on any atom is 0.265 e. The van der Waals surface area contributed by atoms with Crippen molar-refractivity contribution in [1.29, 1.82) is 0 Å². The van der Waals surface area contributed by atoms with Gasteiger partial charge >= 0.3 is 0 Å². The number of benzene rings is 1. The number of ether oxygens (including phenoxy) is 2. The summed E-state index contributed by atoms with van der Waals surface area (Å²) >= 11 is 5.66. The number of hydrogen-bond acceptors (Lipinski definition) is 4. The smallest absolute Gasteiger partial charge is 0.265 e. The van der Waals surface area contributed by atoms with E-state index in [9.17, 15) is 4.79 Å². The van der Waals surface area contributed by atoms with Crippen molar-refractivity contribution < 1.29 is 14.3 Å². The van der Waals surface area contributed by atoms with Gasteiger partial charge in [-0.15, -0.1) is 0 Å². The van der Waals surface area contributed by atoms with Crippen LogP contribution in [0.3, 0.4) is 0 Å². The summed E-state index contributed by atoms with van der Waals surface area (Å²) in [4.78, 5) is 16.9. The van der Waals surface area contributed by atoms with Crippen LogP contribution in [0, 0.1) is 0 Å². The lowest BCUT2D eigenvalue weighted by Crippen LogP contribution is -2.55. The second-order valence-corrected chi connectivity index (χ2v) is 7.78. The Hall–Kier alpha value is -1.86. The van der Waals surface area contributed by atoms with Gasteiger partial charge in [-0.3, -0.25) is 4.79 Å². The van der Waals surface area contributed by atoms with Crippen LogP contribution in [-0.4, -0.2) is 60.9 Å². The van der Waals surface area contributed by atoms with Gasteiger partial charge in [-0.25, -0.2) is 0 Å². The van der Waals surface area contributed by atoms with Crippen molar-refractivity contribution in [3.05, 3.63) is 24.3 Å². The van der Waals surface area contributed by atoms with Crippen molar-refractivity contribution >= 4 is 28.9 Å². The van der Waals surface area contributed by atoms with Crippen LogP contribution in [0.5, 0.6) is 5.75 Å². The largest absolute Gasteiger partial charge is 0.476 e. The number of fused-ring (bicyclic) bond motifs is 1. The molecule has 0 saturated carbocycles. The fourth-order valence-electron chi connectivity index (χ4n) is 3.98. The molecule has 0 aliphatic carbocycles. The van der Waals surface area contributed by atoms with Gasteiger partial charge in [0.1, 0.15) is 5.75 Å². The number of likely N-dealkylation sites (tertiary alicyclic amines) is 1. The summed E-state index contributed by atoms with van der Waals surface area (Å²) in [5.41, 5.74) is 0.907. The molecule has 3 heterocycles. The molecule has 3 aliphatic rings. The van der Waals surface area contributed by atoms with Gasteiger partial charge in [-0.1, -0.05) is 12.1 Å². The number of rotatable bonds is 3. The molecule has 1 amide bonds. The highest BCUT2D eigenvalue weighted by Gasteiger charge is 2.35. The summed E-state index contributed by atoms with van der Waals surface area (Å²) in [6, 6.07) is 7.77. The Bertz CT molecular complexity index is 687. The van der Waals surface area contributed by atoms with E-state index in [0.717, 1.165) is 51.1 Å². The first-order valence-corrected chi connectivity index (χ1v) is 10.3. The van der Waals surface area contributed by atoms with Gasteiger partial charge in [0.15, 0.2) is 11.2 Å². The average molecular weight is 390 g/mol. The van der Waals surface area contributed by atoms with Gasteiger partial charge in [0, 0.05) is 26.2 Å². The second kappa shape index (κ2) is 8.44. The Morgan fingerprint density at radius 3 is 2.78 bits per heavy atom. The van der Waals surface area contributed by atoms with Crippen LogP contribution in [-0.2, 0) is 9.53 Å². The molecule has 6 nitrogen and oxygen atoms in total. The summed E-state index contributed by atoms with van der Waals surface area (Å²) in [6.07, 6.45) is 5.18. The minimum absolute atomic E-state index is 0.0659. The Balaban J connectivity index is 1.47. The minimum atomic E-state index is -0.527. The number of amides is 1. The van der Waals surface area contributed by atoms with E-state index in [1.165, 1.54) is 6.42 Å². The molecule has 0 bridgehead atoms. The van der Waals surface area contributed by atoms with Crippen LogP contribution in [0.15, 0.2) is 24.3 Å².